The van der Waals surface area contributed by atoms with Crippen LogP contribution in [0.1, 0.15) is 2.85 Å². The summed E-state index contributed by atoms with van der Waals surface area (Å²) in [6.45, 7) is 0. The molecule has 6 N–H and O–H groups in total. The molecule has 0 aliphatic heterocycles. The van der Waals surface area contributed by atoms with Crippen LogP contribution in [0, 0.1) is 0 Å². The fraction of sp³-hybridized carbons (Fsp3) is 1.00. The van der Waals surface area contributed by atoms with Crippen LogP contribution < -0.4 is 11.5 Å². The van der Waals surface area contributed by atoms with E-state index in [1.54, 1.807) is 14.1 Å². The van der Waals surface area contributed by atoms with Crippen molar-refractivity contribution in [3.05, 3.63) is 0 Å². The van der Waals surface area contributed by atoms with E-state index in [0.29, 0.717) is 0 Å². The van der Waals surface area contributed by atoms with Crippen molar-refractivity contribution in [2.45, 2.75) is 0 Å². The predicted molar refractivity (Wildman–Crippen MR) is 19.8 cm³/mol. The second-order valence-electron chi connectivity index (χ2n) is 0. The van der Waals surface area contributed by atoms with Crippen molar-refractivity contribution < 1.29 is 14.3 Å². The third-order valence-electron chi connectivity index (χ3n) is 0. The molecule has 0 radical (unpaired) electrons. The average molecular weight is 66.1 g/mol. The molecule has 0 unspecified atom stereocenters. The second-order valence-corrected chi connectivity index (χ2v) is 0. The maximum absolute atomic E-state index is 3.25. The minimum absolute atomic E-state index is 0. The van der Waals surface area contributed by atoms with Crippen LogP contribution in [0.2, 0.25) is 0 Å². The lowest BCUT2D eigenvalue weighted by atomic mass is 11.6. The van der Waals surface area contributed by atoms with Crippen molar-refractivity contribution in [2.75, 3.05) is 14.1 Å². The molecule has 0 atom stereocenters. The molecule has 4 heavy (non-hydrogen) atoms. The first-order valence-electron chi connectivity index (χ1n) is 1.41. The standard InChI is InChI=1S/2CH5N.2H/c2*1-2;;/h2*2H2,1H3;;/q;;2*-1/p+2. The highest BCUT2D eigenvalue weighted by Crippen LogP contribution is 0.253. The van der Waals surface area contributed by atoms with Crippen LogP contribution in [0.3, 0.4) is 0 Å². The Morgan fingerprint density at radius 3 is 1.00 bits per heavy atom. The smallest absolute Gasteiger partial charge is 0.0634 e. The molecule has 2 nitrogen and oxygen atoms in total. The second kappa shape index (κ2) is 1680. The van der Waals surface area contributed by atoms with Crippen molar-refractivity contribution in [1.82, 2.24) is 0 Å². The predicted octanol–water partition coefficient (Wildman–Crippen LogP) is -2.06. The summed E-state index contributed by atoms with van der Waals surface area (Å²) < 4.78 is 0. The molecule has 32 valence electrons. The molecule has 0 fully saturated rings. The van der Waals surface area contributed by atoms with Crippen LogP contribution in [0.15, 0.2) is 0 Å². The third-order valence-corrected chi connectivity index (χ3v) is 0. The molecule has 0 rings (SSSR count). The van der Waals surface area contributed by atoms with Gasteiger partial charge in [0.2, 0.25) is 0 Å². The molecule has 0 amide bonds. The normalized spacial score (nSPS) is 3.00. The number of hydrogen-bond donors (Lipinski definition) is 2. The first kappa shape index (κ1) is 9.07. The van der Waals surface area contributed by atoms with Gasteiger partial charge in [0, 0.05) is 0 Å². The quantitative estimate of drug-likeness (QED) is 0.327. The van der Waals surface area contributed by atoms with E-state index in [1.165, 1.54) is 0 Å². The van der Waals surface area contributed by atoms with E-state index in [2.05, 4.69) is 11.5 Å². The van der Waals surface area contributed by atoms with Gasteiger partial charge in [-0.1, -0.05) is 0 Å². The van der Waals surface area contributed by atoms with E-state index in [0.717, 1.165) is 0 Å². The monoisotopic (exact) mass is 66.1 g/mol. The molecular weight excluding hydrogens is 52.0 g/mol. The minimum Gasteiger partial charge on any atom is -1.00 e. The third kappa shape index (κ3) is 254. The van der Waals surface area contributed by atoms with Gasteiger partial charge < -0.3 is 14.3 Å². The number of quaternary nitrogens is 2. The first-order chi connectivity index (χ1) is 2.00. The summed E-state index contributed by atoms with van der Waals surface area (Å²) in [5.74, 6) is 0. The molecule has 0 saturated heterocycles. The Kier molecular flexibility index (Phi) is 3810. The summed E-state index contributed by atoms with van der Waals surface area (Å²) >= 11 is 0. The van der Waals surface area contributed by atoms with Crippen LogP contribution in [0.25, 0.3) is 0 Å². The van der Waals surface area contributed by atoms with Crippen LogP contribution in [0.4, 0.5) is 0 Å². The van der Waals surface area contributed by atoms with E-state index < -0.39 is 0 Å². The highest BCUT2D eigenvalue weighted by Gasteiger charge is 0.876. The Morgan fingerprint density at radius 1 is 1.00 bits per heavy atom. The Hall–Kier alpha value is -0.0800. The number of hydrogen-bond acceptors (Lipinski definition) is 0. The fourth-order valence-electron chi connectivity index (χ4n) is 0. The average Bonchev–Trinajstić information content (AvgIpc) is 1.50. The van der Waals surface area contributed by atoms with E-state index in [-0.39, 0.29) is 2.85 Å². The van der Waals surface area contributed by atoms with Gasteiger partial charge in [-0.05, 0) is 0 Å². The van der Waals surface area contributed by atoms with Gasteiger partial charge in [0.05, 0.1) is 14.1 Å². The van der Waals surface area contributed by atoms with Crippen LogP contribution in [0.5, 0.6) is 0 Å². The van der Waals surface area contributed by atoms with Gasteiger partial charge in [-0.3, -0.25) is 0 Å². The fourth-order valence-corrected chi connectivity index (χ4v) is 0. The largest absolute Gasteiger partial charge is 1.00 e. The molecule has 0 saturated carbocycles. The summed E-state index contributed by atoms with van der Waals surface area (Å²) in [5.41, 5.74) is 6.50. The lowest BCUT2D eigenvalue weighted by Crippen LogP contribution is -2.40. The zero-order valence-corrected chi connectivity index (χ0v) is 3.41. The zero-order valence-electron chi connectivity index (χ0n) is 5.41. The number of rotatable bonds is 0. The molecule has 0 aromatic carbocycles. The summed E-state index contributed by atoms with van der Waals surface area (Å²) in [7, 11) is 3.50. The van der Waals surface area contributed by atoms with Gasteiger partial charge in [0.1, 0.15) is 0 Å². The topological polar surface area (TPSA) is 55.3 Å². The Morgan fingerprint density at radius 2 is 1.00 bits per heavy atom. The summed E-state index contributed by atoms with van der Waals surface area (Å²) in [6, 6.07) is 0. The summed E-state index contributed by atoms with van der Waals surface area (Å²) in [6.07, 6.45) is 0. The van der Waals surface area contributed by atoms with Gasteiger partial charge in [-0.15, -0.1) is 0 Å². The molecular formula is C2H14N2. The summed E-state index contributed by atoms with van der Waals surface area (Å²) in [4.78, 5) is 0. The van der Waals surface area contributed by atoms with Gasteiger partial charge in [-0.25, -0.2) is 0 Å². The van der Waals surface area contributed by atoms with E-state index in [9.17, 15) is 0 Å². The van der Waals surface area contributed by atoms with Crippen molar-refractivity contribution in [3.63, 3.8) is 0 Å². The maximum Gasteiger partial charge on any atom is 0.0634 e. The van der Waals surface area contributed by atoms with Crippen LogP contribution in [-0.2, 0) is 0 Å². The van der Waals surface area contributed by atoms with Crippen molar-refractivity contribution in [3.8, 4) is 0 Å². The highest BCUT2D eigenvalue weighted by atomic mass is 14.4. The SMILES string of the molecule is C[NH3+].C[NH3+].[H-].[H-]. The zero-order chi connectivity index (χ0) is 4.00. The maximum atomic E-state index is 3.25. The minimum atomic E-state index is 0. The van der Waals surface area contributed by atoms with Gasteiger partial charge >= 0.3 is 0 Å². The lowest BCUT2D eigenvalue weighted by Gasteiger charge is -1.17. The van der Waals surface area contributed by atoms with Gasteiger partial charge in [0.15, 0.2) is 0 Å². The first-order valence-corrected chi connectivity index (χ1v) is 1.41. The van der Waals surface area contributed by atoms with E-state index >= 15 is 0 Å². The molecule has 2 heteroatoms. The molecule has 0 spiro atoms. The van der Waals surface area contributed by atoms with Crippen molar-refractivity contribution in [2.24, 2.45) is 0 Å². The van der Waals surface area contributed by atoms with Crippen LogP contribution >= 0.6 is 0 Å². The molecule has 0 bridgehead atoms. The van der Waals surface area contributed by atoms with Crippen LogP contribution in [-0.4, -0.2) is 14.1 Å². The highest BCUT2D eigenvalue weighted by molar-refractivity contribution is 3.08. The lowest BCUT2D eigenvalue weighted by molar-refractivity contribution is -0.325. The molecule has 0 aromatic heterocycles. The van der Waals surface area contributed by atoms with Gasteiger partial charge in [-0.2, -0.15) is 0 Å². The Balaban J connectivity index is -0.00000000500. The van der Waals surface area contributed by atoms with Gasteiger partial charge in [0.25, 0.3) is 0 Å². The molecule has 0 heterocycles. The Bertz CT molecular complexity index is 9.51. The van der Waals surface area contributed by atoms with Crippen molar-refractivity contribution >= 4 is 0 Å². The van der Waals surface area contributed by atoms with E-state index in [4.69, 9.17) is 0 Å². The molecule has 0 aliphatic rings. The Labute approximate surface area is 29.8 Å². The molecule has 0 aromatic rings. The van der Waals surface area contributed by atoms with Crippen molar-refractivity contribution in [1.29, 1.82) is 0 Å². The summed E-state index contributed by atoms with van der Waals surface area (Å²) in [5, 5.41) is 0. The molecule has 0 aliphatic carbocycles. The van der Waals surface area contributed by atoms with E-state index in [1.807, 2.05) is 0 Å².